The molecular weight excluding hydrogens is 208 g/mol. The number of carboxylic acid groups (broad SMARTS) is 1. The first-order valence-corrected chi connectivity index (χ1v) is 5.83. The van der Waals surface area contributed by atoms with E-state index >= 15 is 0 Å². The fourth-order valence-corrected chi connectivity index (χ4v) is 2.04. The second-order valence-corrected chi connectivity index (χ2v) is 4.14. The van der Waals surface area contributed by atoms with Gasteiger partial charge < -0.3 is 15.3 Å². The molecule has 0 aliphatic carbocycles. The largest absolute Gasteiger partial charge is 0.480 e. The third-order valence-corrected chi connectivity index (χ3v) is 2.95. The Labute approximate surface area is 95.8 Å². The molecule has 1 atom stereocenters. The van der Waals surface area contributed by atoms with Gasteiger partial charge in [-0.05, 0) is 19.9 Å². The SMILES string of the molecule is CNCCC(=O)N1CCCCCC1C(=O)O. The summed E-state index contributed by atoms with van der Waals surface area (Å²) < 4.78 is 0. The topological polar surface area (TPSA) is 69.6 Å². The molecule has 1 amide bonds. The van der Waals surface area contributed by atoms with E-state index in [2.05, 4.69) is 5.32 Å². The Balaban J connectivity index is 2.63. The first-order chi connectivity index (χ1) is 7.66. The van der Waals surface area contributed by atoms with E-state index in [1.807, 2.05) is 0 Å². The molecule has 0 aromatic carbocycles. The maximum atomic E-state index is 11.8. The van der Waals surface area contributed by atoms with Crippen LogP contribution in [0, 0.1) is 0 Å². The van der Waals surface area contributed by atoms with Gasteiger partial charge in [0.05, 0.1) is 0 Å². The summed E-state index contributed by atoms with van der Waals surface area (Å²) in [7, 11) is 1.78. The Morgan fingerprint density at radius 3 is 2.75 bits per heavy atom. The summed E-state index contributed by atoms with van der Waals surface area (Å²) in [4.78, 5) is 24.5. The van der Waals surface area contributed by atoms with Crippen LogP contribution in [0.1, 0.15) is 32.1 Å². The average molecular weight is 228 g/mol. The standard InChI is InChI=1S/C11H20N2O3/c1-12-7-6-10(14)13-8-4-2-3-5-9(13)11(15)16/h9,12H,2-8H2,1H3,(H,15,16). The van der Waals surface area contributed by atoms with Crippen LogP contribution in [0.3, 0.4) is 0 Å². The molecule has 92 valence electrons. The van der Waals surface area contributed by atoms with Gasteiger partial charge >= 0.3 is 5.97 Å². The van der Waals surface area contributed by atoms with Crippen molar-refractivity contribution < 1.29 is 14.7 Å². The summed E-state index contributed by atoms with van der Waals surface area (Å²) >= 11 is 0. The van der Waals surface area contributed by atoms with E-state index in [4.69, 9.17) is 5.11 Å². The average Bonchev–Trinajstić information content (AvgIpc) is 2.50. The quantitative estimate of drug-likeness (QED) is 0.733. The second-order valence-electron chi connectivity index (χ2n) is 4.14. The highest BCUT2D eigenvalue weighted by molar-refractivity contribution is 5.83. The number of nitrogens with zero attached hydrogens (tertiary/aromatic N) is 1. The van der Waals surface area contributed by atoms with Gasteiger partial charge in [0.15, 0.2) is 0 Å². The highest BCUT2D eigenvalue weighted by Crippen LogP contribution is 2.17. The number of aliphatic carboxylic acids is 1. The van der Waals surface area contributed by atoms with Crippen molar-refractivity contribution in [1.29, 1.82) is 0 Å². The summed E-state index contributed by atoms with van der Waals surface area (Å²) in [5.41, 5.74) is 0. The van der Waals surface area contributed by atoms with E-state index in [0.29, 0.717) is 25.9 Å². The minimum atomic E-state index is -0.875. The van der Waals surface area contributed by atoms with Crippen molar-refractivity contribution >= 4 is 11.9 Å². The number of carboxylic acids is 1. The lowest BCUT2D eigenvalue weighted by Crippen LogP contribution is -2.45. The fourth-order valence-electron chi connectivity index (χ4n) is 2.04. The summed E-state index contributed by atoms with van der Waals surface area (Å²) in [6.07, 6.45) is 3.78. The van der Waals surface area contributed by atoms with E-state index in [1.165, 1.54) is 4.90 Å². The highest BCUT2D eigenvalue weighted by Gasteiger charge is 2.29. The molecule has 2 N–H and O–H groups in total. The first kappa shape index (κ1) is 13.0. The number of hydrogen-bond acceptors (Lipinski definition) is 3. The number of likely N-dealkylation sites (tertiary alicyclic amines) is 1. The first-order valence-electron chi connectivity index (χ1n) is 5.83. The van der Waals surface area contributed by atoms with Gasteiger partial charge in [-0.25, -0.2) is 4.79 Å². The normalized spacial score (nSPS) is 21.6. The molecule has 0 aromatic rings. The highest BCUT2D eigenvalue weighted by atomic mass is 16.4. The third-order valence-electron chi connectivity index (χ3n) is 2.95. The van der Waals surface area contributed by atoms with Crippen LogP contribution in [0.25, 0.3) is 0 Å². The minimum absolute atomic E-state index is 0.0522. The molecule has 5 nitrogen and oxygen atoms in total. The van der Waals surface area contributed by atoms with Gasteiger partial charge in [0.25, 0.3) is 0 Å². The molecule has 1 unspecified atom stereocenters. The zero-order valence-electron chi connectivity index (χ0n) is 9.74. The summed E-state index contributed by atoms with van der Waals surface area (Å²) in [6, 6.07) is -0.619. The monoisotopic (exact) mass is 228 g/mol. The molecule has 16 heavy (non-hydrogen) atoms. The van der Waals surface area contributed by atoms with Crippen molar-refractivity contribution in [3.05, 3.63) is 0 Å². The Bertz CT molecular complexity index is 256. The Morgan fingerprint density at radius 2 is 2.12 bits per heavy atom. The number of carbonyl (C=O) groups is 2. The van der Waals surface area contributed by atoms with Gasteiger partial charge in [-0.2, -0.15) is 0 Å². The van der Waals surface area contributed by atoms with Crippen LogP contribution in [-0.4, -0.2) is 48.1 Å². The van der Waals surface area contributed by atoms with Crippen LogP contribution in [0.15, 0.2) is 0 Å². The van der Waals surface area contributed by atoms with Gasteiger partial charge in [-0.1, -0.05) is 12.8 Å². The lowest BCUT2D eigenvalue weighted by Gasteiger charge is -2.26. The Kier molecular flexibility index (Phi) is 5.25. The zero-order valence-corrected chi connectivity index (χ0v) is 9.74. The van der Waals surface area contributed by atoms with Crippen LogP contribution < -0.4 is 5.32 Å². The Hall–Kier alpha value is -1.10. The van der Waals surface area contributed by atoms with E-state index in [-0.39, 0.29) is 5.91 Å². The smallest absolute Gasteiger partial charge is 0.326 e. The lowest BCUT2D eigenvalue weighted by atomic mass is 10.1. The predicted octanol–water partition coefficient (Wildman–Crippen LogP) is 0.452. The third kappa shape index (κ3) is 3.48. The number of carbonyl (C=O) groups excluding carboxylic acids is 1. The molecule has 1 heterocycles. The van der Waals surface area contributed by atoms with E-state index in [0.717, 1.165) is 19.3 Å². The molecular formula is C11H20N2O3. The number of nitrogens with one attached hydrogen (secondary N) is 1. The van der Waals surface area contributed by atoms with E-state index in [9.17, 15) is 9.59 Å². The predicted molar refractivity (Wildman–Crippen MR) is 60.1 cm³/mol. The number of hydrogen-bond donors (Lipinski definition) is 2. The molecule has 0 spiro atoms. The van der Waals surface area contributed by atoms with Gasteiger partial charge in [0.1, 0.15) is 6.04 Å². The molecule has 1 rings (SSSR count). The molecule has 0 saturated carbocycles. The molecule has 1 aliphatic rings. The van der Waals surface area contributed by atoms with Crippen LogP contribution in [0.5, 0.6) is 0 Å². The summed E-state index contributed by atoms with van der Waals surface area (Å²) in [5, 5.41) is 12.0. The van der Waals surface area contributed by atoms with Crippen LogP contribution in [0.4, 0.5) is 0 Å². The molecule has 0 aromatic heterocycles. The van der Waals surface area contributed by atoms with E-state index < -0.39 is 12.0 Å². The van der Waals surface area contributed by atoms with Gasteiger partial charge in [-0.3, -0.25) is 4.79 Å². The molecule has 0 radical (unpaired) electrons. The molecule has 1 aliphatic heterocycles. The van der Waals surface area contributed by atoms with Crippen molar-refractivity contribution in [2.75, 3.05) is 20.1 Å². The van der Waals surface area contributed by atoms with Gasteiger partial charge in [0, 0.05) is 19.5 Å². The zero-order chi connectivity index (χ0) is 12.0. The summed E-state index contributed by atoms with van der Waals surface area (Å²) in [5.74, 6) is -0.927. The van der Waals surface area contributed by atoms with Gasteiger partial charge in [-0.15, -0.1) is 0 Å². The van der Waals surface area contributed by atoms with Crippen molar-refractivity contribution in [2.24, 2.45) is 0 Å². The number of amides is 1. The minimum Gasteiger partial charge on any atom is -0.480 e. The van der Waals surface area contributed by atoms with Crippen molar-refractivity contribution in [3.63, 3.8) is 0 Å². The maximum Gasteiger partial charge on any atom is 0.326 e. The molecule has 5 heteroatoms. The van der Waals surface area contributed by atoms with Crippen LogP contribution in [-0.2, 0) is 9.59 Å². The number of rotatable bonds is 4. The van der Waals surface area contributed by atoms with Crippen LogP contribution >= 0.6 is 0 Å². The van der Waals surface area contributed by atoms with Crippen molar-refractivity contribution in [1.82, 2.24) is 10.2 Å². The molecule has 1 fully saturated rings. The van der Waals surface area contributed by atoms with Crippen molar-refractivity contribution in [2.45, 2.75) is 38.1 Å². The Morgan fingerprint density at radius 1 is 1.38 bits per heavy atom. The summed E-state index contributed by atoms with van der Waals surface area (Å²) in [6.45, 7) is 1.18. The fraction of sp³-hybridized carbons (Fsp3) is 0.818. The van der Waals surface area contributed by atoms with Gasteiger partial charge in [0.2, 0.25) is 5.91 Å². The second kappa shape index (κ2) is 6.48. The maximum absolute atomic E-state index is 11.8. The van der Waals surface area contributed by atoms with E-state index in [1.54, 1.807) is 7.05 Å². The molecule has 1 saturated heterocycles. The van der Waals surface area contributed by atoms with Crippen LogP contribution in [0.2, 0.25) is 0 Å². The molecule has 0 bridgehead atoms. The van der Waals surface area contributed by atoms with Crippen molar-refractivity contribution in [3.8, 4) is 0 Å². The lowest BCUT2D eigenvalue weighted by molar-refractivity contribution is -0.150.